The maximum Gasteiger partial charge on any atom is 0.0893 e. The van der Waals surface area contributed by atoms with Crippen LogP contribution in [0.4, 0.5) is 0 Å². The lowest BCUT2D eigenvalue weighted by Gasteiger charge is -2.02. The van der Waals surface area contributed by atoms with Gasteiger partial charge in [0.2, 0.25) is 0 Å². The maximum atomic E-state index is 3.95. The molecule has 0 aromatic carbocycles. The Bertz CT molecular complexity index is 125. The molecule has 3 nitrogen and oxygen atoms in total. The quantitative estimate of drug-likeness (QED) is 0.577. The number of aliphatic imine (C=N–C) groups is 2. The highest BCUT2D eigenvalue weighted by Crippen LogP contribution is 1.78. The van der Waals surface area contributed by atoms with Gasteiger partial charge >= 0.3 is 0 Å². The summed E-state index contributed by atoms with van der Waals surface area (Å²) in [7, 11) is 1.91. The van der Waals surface area contributed by atoms with E-state index < -0.39 is 0 Å². The zero-order valence-corrected chi connectivity index (χ0v) is 6.89. The van der Waals surface area contributed by atoms with Crippen LogP contribution in [0.1, 0.15) is 13.8 Å². The van der Waals surface area contributed by atoms with Crippen molar-refractivity contribution in [1.82, 2.24) is 5.32 Å². The van der Waals surface area contributed by atoms with Crippen LogP contribution in [0.25, 0.3) is 0 Å². The Morgan fingerprint density at radius 3 is 2.70 bits per heavy atom. The predicted molar refractivity (Wildman–Crippen MR) is 43.8 cm³/mol. The molecule has 0 saturated carbocycles. The summed E-state index contributed by atoms with van der Waals surface area (Å²) in [5, 5.41) is 3.07. The van der Waals surface area contributed by atoms with E-state index in [1.165, 1.54) is 0 Å². The smallest absolute Gasteiger partial charge is 0.0893 e. The zero-order chi connectivity index (χ0) is 7.82. The largest absolute Gasteiger partial charge is 0.315 e. The summed E-state index contributed by atoms with van der Waals surface area (Å²) < 4.78 is 0. The molecule has 0 heterocycles. The molecule has 0 spiro atoms. The van der Waals surface area contributed by atoms with Gasteiger partial charge in [0.15, 0.2) is 0 Å². The van der Waals surface area contributed by atoms with Crippen molar-refractivity contribution in [2.24, 2.45) is 9.98 Å². The van der Waals surface area contributed by atoms with Crippen LogP contribution in [0.3, 0.4) is 0 Å². The molecule has 1 atom stereocenters. The molecule has 0 aliphatic carbocycles. The summed E-state index contributed by atoms with van der Waals surface area (Å²) >= 11 is 0. The fourth-order valence-corrected chi connectivity index (χ4v) is 0.390. The second-order valence-electron chi connectivity index (χ2n) is 2.10. The van der Waals surface area contributed by atoms with E-state index in [-0.39, 0.29) is 0 Å². The van der Waals surface area contributed by atoms with E-state index in [0.717, 1.165) is 13.1 Å². The van der Waals surface area contributed by atoms with E-state index >= 15 is 0 Å². The zero-order valence-electron chi connectivity index (χ0n) is 6.89. The topological polar surface area (TPSA) is 36.8 Å². The molecule has 0 rings (SSSR count). The van der Waals surface area contributed by atoms with Gasteiger partial charge in [0.05, 0.1) is 12.6 Å². The Morgan fingerprint density at radius 2 is 2.20 bits per heavy atom. The first-order chi connectivity index (χ1) is 4.81. The molecule has 10 heavy (non-hydrogen) atoms. The average molecular weight is 141 g/mol. The van der Waals surface area contributed by atoms with Crippen LogP contribution in [-0.4, -0.2) is 32.2 Å². The van der Waals surface area contributed by atoms with Gasteiger partial charge in [-0.1, -0.05) is 0 Å². The lowest BCUT2D eigenvalue weighted by Crippen LogP contribution is -2.23. The molecular weight excluding hydrogens is 126 g/mol. The lowest BCUT2D eigenvalue weighted by atomic mass is 10.3. The van der Waals surface area contributed by atoms with Crippen LogP contribution in [-0.2, 0) is 0 Å². The van der Waals surface area contributed by atoms with Crippen LogP contribution in [0, 0.1) is 0 Å². The van der Waals surface area contributed by atoms with E-state index in [9.17, 15) is 0 Å². The standard InChI is InChI=1S/C7H15N3/c1-4-9-6-10-5-7(2)8-3/h7-8H,4-5H2,1-3H3. The summed E-state index contributed by atoms with van der Waals surface area (Å²) in [6.45, 7) is 5.54. The van der Waals surface area contributed by atoms with Gasteiger partial charge in [-0.15, -0.1) is 0 Å². The van der Waals surface area contributed by atoms with Crippen LogP contribution in [0.5, 0.6) is 0 Å². The van der Waals surface area contributed by atoms with Crippen LogP contribution < -0.4 is 5.32 Å². The third-order valence-electron chi connectivity index (χ3n) is 1.16. The maximum absolute atomic E-state index is 3.95. The fraction of sp³-hybridized carbons (Fsp3) is 0.857. The molecule has 0 amide bonds. The summed E-state index contributed by atoms with van der Waals surface area (Å²) in [5.41, 5.74) is 0. The summed E-state index contributed by atoms with van der Waals surface area (Å²) in [6, 6.07) is 3.03. The number of hydrogen-bond acceptors (Lipinski definition) is 3. The van der Waals surface area contributed by atoms with Crippen molar-refractivity contribution in [2.45, 2.75) is 19.9 Å². The molecular formula is C7H15N3. The van der Waals surface area contributed by atoms with E-state index in [1.807, 2.05) is 14.0 Å². The van der Waals surface area contributed by atoms with Crippen molar-refractivity contribution in [3.8, 4) is 0 Å². The van der Waals surface area contributed by atoms with Gasteiger partial charge in [0.1, 0.15) is 0 Å². The highest BCUT2D eigenvalue weighted by Gasteiger charge is 1.91. The molecule has 1 unspecified atom stereocenters. The molecule has 0 saturated heterocycles. The highest BCUT2D eigenvalue weighted by atomic mass is 14.9. The molecule has 0 aromatic rings. The van der Waals surface area contributed by atoms with Gasteiger partial charge in [-0.25, -0.2) is 9.98 Å². The molecule has 0 aromatic heterocycles. The number of nitrogens with one attached hydrogen (secondary N) is 1. The molecule has 0 aliphatic heterocycles. The average Bonchev–Trinajstić information content (AvgIpc) is 1.98. The number of rotatable bonds is 4. The molecule has 1 N–H and O–H groups in total. The molecule has 3 heteroatoms. The SMILES string of the molecule is CCN=C=NCC(C)NC. The third-order valence-corrected chi connectivity index (χ3v) is 1.16. The predicted octanol–water partition coefficient (Wildman–Crippen LogP) is 0.788. The normalized spacial score (nSPS) is 11.9. The number of likely N-dealkylation sites (N-methyl/N-ethyl adjacent to an activating group) is 1. The van der Waals surface area contributed by atoms with Gasteiger partial charge in [0, 0.05) is 12.6 Å². The van der Waals surface area contributed by atoms with Crippen LogP contribution in [0.2, 0.25) is 0 Å². The Balaban J connectivity index is 3.42. The van der Waals surface area contributed by atoms with E-state index in [2.05, 4.69) is 28.2 Å². The molecule has 58 valence electrons. The van der Waals surface area contributed by atoms with E-state index in [4.69, 9.17) is 0 Å². The summed E-state index contributed by atoms with van der Waals surface area (Å²) in [6.07, 6.45) is 0. The van der Waals surface area contributed by atoms with E-state index in [0.29, 0.717) is 6.04 Å². The fourth-order valence-electron chi connectivity index (χ4n) is 0.390. The van der Waals surface area contributed by atoms with Crippen molar-refractivity contribution in [2.75, 3.05) is 20.1 Å². The highest BCUT2D eigenvalue weighted by molar-refractivity contribution is 5.40. The summed E-state index contributed by atoms with van der Waals surface area (Å²) in [5.74, 6) is 0. The third kappa shape index (κ3) is 5.48. The second-order valence-corrected chi connectivity index (χ2v) is 2.10. The van der Waals surface area contributed by atoms with Crippen molar-refractivity contribution in [1.29, 1.82) is 0 Å². The first-order valence-corrected chi connectivity index (χ1v) is 3.56. The van der Waals surface area contributed by atoms with Crippen LogP contribution in [0.15, 0.2) is 9.98 Å². The molecule has 0 bridgehead atoms. The minimum Gasteiger partial charge on any atom is -0.315 e. The van der Waals surface area contributed by atoms with Crippen molar-refractivity contribution in [3.05, 3.63) is 0 Å². The Hall–Kier alpha value is -0.660. The molecule has 0 radical (unpaired) electrons. The van der Waals surface area contributed by atoms with Gasteiger partial charge in [-0.05, 0) is 20.9 Å². The molecule has 0 aliphatic rings. The molecule has 0 fully saturated rings. The van der Waals surface area contributed by atoms with Gasteiger partial charge in [-0.2, -0.15) is 0 Å². The van der Waals surface area contributed by atoms with Gasteiger partial charge in [-0.3, -0.25) is 0 Å². The minimum atomic E-state index is 0.416. The second kappa shape index (κ2) is 6.46. The van der Waals surface area contributed by atoms with Gasteiger partial charge < -0.3 is 5.32 Å². The first kappa shape index (κ1) is 9.34. The minimum absolute atomic E-state index is 0.416. The number of nitrogens with zero attached hydrogens (tertiary/aromatic N) is 2. The Kier molecular flexibility index (Phi) is 6.03. The monoisotopic (exact) mass is 141 g/mol. The van der Waals surface area contributed by atoms with E-state index in [1.54, 1.807) is 0 Å². The van der Waals surface area contributed by atoms with Crippen molar-refractivity contribution >= 4 is 6.01 Å². The lowest BCUT2D eigenvalue weighted by molar-refractivity contribution is 0.624. The van der Waals surface area contributed by atoms with Crippen molar-refractivity contribution in [3.63, 3.8) is 0 Å². The van der Waals surface area contributed by atoms with Crippen LogP contribution >= 0.6 is 0 Å². The number of hydrogen-bond donors (Lipinski definition) is 1. The Labute approximate surface area is 62.3 Å². The first-order valence-electron chi connectivity index (χ1n) is 3.56. The van der Waals surface area contributed by atoms with Crippen molar-refractivity contribution < 1.29 is 0 Å². The Morgan fingerprint density at radius 1 is 1.50 bits per heavy atom. The van der Waals surface area contributed by atoms with Gasteiger partial charge in [0.25, 0.3) is 0 Å². The summed E-state index contributed by atoms with van der Waals surface area (Å²) in [4.78, 5) is 7.79.